The van der Waals surface area contributed by atoms with Crippen LogP contribution in [0.4, 0.5) is 26.7 Å². The smallest absolute Gasteiger partial charge is 0.410 e. The van der Waals surface area contributed by atoms with Gasteiger partial charge in [0.25, 0.3) is 17.1 Å². The number of β-lactam (4-membered cyclic amide) rings is 1. The van der Waals surface area contributed by atoms with E-state index >= 15 is 0 Å². The van der Waals surface area contributed by atoms with Crippen molar-refractivity contribution < 1.29 is 58.4 Å². The van der Waals surface area contributed by atoms with Crippen molar-refractivity contribution in [2.75, 3.05) is 13.1 Å². The molecule has 334 valence electrons. The van der Waals surface area contributed by atoms with Crippen LogP contribution in [0.5, 0.6) is 0 Å². The van der Waals surface area contributed by atoms with Gasteiger partial charge in [-0.05, 0) is 79.3 Å². The van der Waals surface area contributed by atoms with Crippen LogP contribution in [-0.4, -0.2) is 101 Å². The summed E-state index contributed by atoms with van der Waals surface area (Å²) >= 11 is 1.29. The lowest BCUT2D eigenvalue weighted by molar-refractivity contribution is -0.385. The highest BCUT2D eigenvalue weighted by molar-refractivity contribution is 8.03. The topological polar surface area (TPSA) is 284 Å². The second kappa shape index (κ2) is 20.0. The van der Waals surface area contributed by atoms with Crippen LogP contribution in [0.2, 0.25) is 0 Å². The molecule has 1 unspecified atom stereocenters. The van der Waals surface area contributed by atoms with Gasteiger partial charge in [-0.25, -0.2) is 14.4 Å². The van der Waals surface area contributed by atoms with E-state index in [1.54, 1.807) is 0 Å². The molecule has 2 fully saturated rings. The molecular weight excluding hydrogens is 849 g/mol. The Kier molecular flexibility index (Phi) is 14.6. The van der Waals surface area contributed by atoms with Crippen molar-refractivity contribution in [2.24, 2.45) is 11.8 Å². The number of hydrogen-bond acceptors (Lipinski definition) is 16. The summed E-state index contributed by atoms with van der Waals surface area (Å²) in [5.74, 6) is -2.44. The van der Waals surface area contributed by atoms with Gasteiger partial charge in [-0.2, -0.15) is 0 Å². The lowest BCUT2D eigenvalue weighted by Gasteiger charge is -2.46. The highest BCUT2D eigenvalue weighted by Crippen LogP contribution is 2.52. The number of nitrogens with one attached hydrogen (secondary N) is 1. The fourth-order valence-electron chi connectivity index (χ4n) is 7.78. The van der Waals surface area contributed by atoms with Crippen molar-refractivity contribution in [3.05, 3.63) is 130 Å². The third kappa shape index (κ3) is 10.9. The first-order valence-corrected chi connectivity index (χ1v) is 20.7. The first kappa shape index (κ1) is 45.9. The maximum atomic E-state index is 13.8. The molecule has 3 aromatic carbocycles. The number of carbonyl (C=O) groups is 4. The van der Waals surface area contributed by atoms with E-state index in [-0.39, 0.29) is 73.8 Å². The minimum Gasteiger partial charge on any atom is -0.456 e. The van der Waals surface area contributed by atoms with E-state index < -0.39 is 75.0 Å². The van der Waals surface area contributed by atoms with Crippen LogP contribution in [0, 0.1) is 42.2 Å². The molecule has 3 aromatic rings. The Bertz CT molecular complexity index is 2260. The number of rotatable bonds is 18. The van der Waals surface area contributed by atoms with E-state index in [9.17, 15) is 59.7 Å². The Hall–Kier alpha value is -6.65. The minimum atomic E-state index is -1.07. The molecule has 3 N–H and O–H groups in total. The van der Waals surface area contributed by atoms with Crippen LogP contribution in [-0.2, 0) is 43.6 Å². The second-order valence-electron chi connectivity index (χ2n) is 15.3. The number of ether oxygens (including phenoxy) is 3. The van der Waals surface area contributed by atoms with Gasteiger partial charge in [0, 0.05) is 71.6 Å². The van der Waals surface area contributed by atoms with Gasteiger partial charge in [0.2, 0.25) is 5.91 Å². The summed E-state index contributed by atoms with van der Waals surface area (Å²) in [6, 6.07) is 15.4. The van der Waals surface area contributed by atoms with Crippen LogP contribution in [0.1, 0.15) is 49.8 Å². The summed E-state index contributed by atoms with van der Waals surface area (Å²) in [6.07, 6.45) is -2.87. The summed E-state index contributed by atoms with van der Waals surface area (Å²) in [5, 5.41) is 56.6. The predicted molar refractivity (Wildman–Crippen MR) is 221 cm³/mol. The third-order valence-electron chi connectivity index (χ3n) is 11.1. The molecule has 6 rings (SSSR count). The fraction of sp³-hybridized carbons (Fsp3) is 0.415. The van der Waals surface area contributed by atoms with Gasteiger partial charge in [0.05, 0.1) is 38.9 Å². The summed E-state index contributed by atoms with van der Waals surface area (Å²) in [4.78, 5) is 88.0. The van der Waals surface area contributed by atoms with Gasteiger partial charge in [-0.3, -0.25) is 35.1 Å². The second-order valence-corrected chi connectivity index (χ2v) is 16.7. The number of benzene rings is 3. The van der Waals surface area contributed by atoms with E-state index in [2.05, 4.69) is 5.32 Å². The zero-order valence-electron chi connectivity index (χ0n) is 34.0. The summed E-state index contributed by atoms with van der Waals surface area (Å²) in [5.41, 5.74) is 1.11. The molecule has 0 aromatic heterocycles. The molecule has 7 atom stereocenters. The van der Waals surface area contributed by atoms with Gasteiger partial charge in [0.1, 0.15) is 25.5 Å². The van der Waals surface area contributed by atoms with Crippen molar-refractivity contribution in [3.8, 4) is 0 Å². The number of likely N-dealkylation sites (tertiary alicyclic amines) is 1. The van der Waals surface area contributed by atoms with E-state index in [1.165, 1.54) is 101 Å². The van der Waals surface area contributed by atoms with Gasteiger partial charge < -0.3 is 39.5 Å². The molecule has 21 nitrogen and oxygen atoms in total. The number of hydrogen-bond donors (Lipinski definition) is 3. The quantitative estimate of drug-likeness (QED) is 0.0492. The van der Waals surface area contributed by atoms with Crippen molar-refractivity contribution in [1.29, 1.82) is 0 Å². The van der Waals surface area contributed by atoms with Gasteiger partial charge in [-0.15, -0.1) is 11.8 Å². The zero-order valence-corrected chi connectivity index (χ0v) is 34.8. The van der Waals surface area contributed by atoms with Crippen LogP contribution in [0.3, 0.4) is 0 Å². The number of nitrogens with zero attached hydrogens (tertiary/aromatic N) is 5. The molecule has 0 saturated carbocycles. The Balaban J connectivity index is 1.13. The summed E-state index contributed by atoms with van der Waals surface area (Å²) in [6.45, 7) is 2.66. The van der Waals surface area contributed by atoms with E-state index in [0.29, 0.717) is 28.0 Å². The van der Waals surface area contributed by atoms with Gasteiger partial charge >= 0.3 is 18.2 Å². The average molecular weight is 893 g/mol. The van der Waals surface area contributed by atoms with Crippen LogP contribution in [0.15, 0.2) is 83.4 Å². The van der Waals surface area contributed by atoms with E-state index in [4.69, 9.17) is 14.2 Å². The van der Waals surface area contributed by atoms with Crippen molar-refractivity contribution in [3.63, 3.8) is 0 Å². The fourth-order valence-corrected chi connectivity index (χ4v) is 9.34. The van der Waals surface area contributed by atoms with Gasteiger partial charge in [0.15, 0.2) is 0 Å². The van der Waals surface area contributed by atoms with Crippen LogP contribution in [0.25, 0.3) is 0 Å². The standard InChI is InChI=1S/C41H44N6O15S/c1-23-35-34(24(2)48)38(50)44(35)36(39(51)60-20-25-3-9-28(10-4-25)45(54)55)37(23)63-33-17-31(43(19-33)41(53)62-22-27-7-13-30(14-8-27)47(58)59)15-16-32(49)18-42-40(52)61-21-26-5-11-29(12-6-26)46(56)57/h3-14,23-24,31-35,48-49H,15-22H2,1-2H3,(H,42,52)/t23-,24-,31-,32?,33+,34-,35-/m1/s1. The molecule has 3 aliphatic rings. The number of nitro groups is 3. The average Bonchev–Trinajstić information content (AvgIpc) is 3.78. The first-order valence-electron chi connectivity index (χ1n) is 19.8. The van der Waals surface area contributed by atoms with E-state index in [0.717, 1.165) is 0 Å². The number of thioether (sulfide) groups is 1. The maximum absolute atomic E-state index is 13.8. The van der Waals surface area contributed by atoms with Crippen LogP contribution >= 0.6 is 11.8 Å². The Morgan fingerprint density at radius 2 is 1.30 bits per heavy atom. The largest absolute Gasteiger partial charge is 0.456 e. The number of carbonyl (C=O) groups excluding carboxylic acids is 4. The van der Waals surface area contributed by atoms with Gasteiger partial charge in [-0.1, -0.05) is 6.92 Å². The Morgan fingerprint density at radius 1 is 0.810 bits per heavy atom. The number of amides is 3. The minimum absolute atomic E-state index is 0.0130. The molecule has 0 spiro atoms. The number of aliphatic hydroxyl groups excluding tert-OH is 2. The summed E-state index contributed by atoms with van der Waals surface area (Å²) < 4.78 is 16.4. The number of esters is 1. The van der Waals surface area contributed by atoms with Crippen molar-refractivity contribution in [2.45, 2.75) is 82.5 Å². The third-order valence-corrected chi connectivity index (χ3v) is 12.6. The molecular formula is C41H44N6O15S. The highest BCUT2D eigenvalue weighted by Gasteiger charge is 2.60. The maximum Gasteiger partial charge on any atom is 0.410 e. The molecule has 3 aliphatic heterocycles. The normalized spacial score (nSPS) is 21.2. The molecule has 3 amide bonds. The molecule has 63 heavy (non-hydrogen) atoms. The SMILES string of the molecule is C[C@@H](O)[C@H]1C(=O)N2C(C(=O)OCc3ccc([N+](=O)[O-])cc3)=C(S[C@H]3C[C@@H](CCC(O)CNC(=O)OCc4ccc([N+](=O)[O-])cc4)N(C(=O)OCc4ccc([N+](=O)[O-])cc4)C3)[C@H](C)[C@H]12. The number of nitro benzene ring substituents is 3. The first-order chi connectivity index (χ1) is 30.0. The highest BCUT2D eigenvalue weighted by atomic mass is 32.2. The van der Waals surface area contributed by atoms with Crippen molar-refractivity contribution in [1.82, 2.24) is 15.1 Å². The lowest BCUT2D eigenvalue weighted by atomic mass is 9.79. The number of fused-ring (bicyclic) bond motifs is 1. The monoisotopic (exact) mass is 892 g/mol. The van der Waals surface area contributed by atoms with Crippen LogP contribution < -0.4 is 5.32 Å². The molecule has 0 aliphatic carbocycles. The predicted octanol–water partition coefficient (Wildman–Crippen LogP) is 5.10. The molecule has 2 saturated heterocycles. The number of non-ortho nitro benzene ring substituents is 3. The molecule has 0 bridgehead atoms. The Morgan fingerprint density at radius 3 is 1.79 bits per heavy atom. The van der Waals surface area contributed by atoms with E-state index in [1.807, 2.05) is 6.92 Å². The lowest BCUT2D eigenvalue weighted by Crippen LogP contribution is -2.63. The number of alkyl carbamates (subject to hydrolysis) is 1. The molecule has 22 heteroatoms. The summed E-state index contributed by atoms with van der Waals surface area (Å²) in [7, 11) is 0. The molecule has 0 radical (unpaired) electrons. The zero-order chi connectivity index (χ0) is 45.5. The van der Waals surface area contributed by atoms with Crippen molar-refractivity contribution >= 4 is 52.9 Å². The number of aliphatic hydroxyl groups is 2. The Labute approximate surface area is 363 Å². The molecule has 3 heterocycles.